The van der Waals surface area contributed by atoms with Crippen molar-refractivity contribution in [1.82, 2.24) is 0 Å². The van der Waals surface area contributed by atoms with Gasteiger partial charge in [0.15, 0.2) is 0 Å². The Kier molecular flexibility index (Phi) is 34.2. The van der Waals surface area contributed by atoms with E-state index in [4.69, 9.17) is 19.1 Å². The van der Waals surface area contributed by atoms with E-state index < -0.39 is 8.60 Å². The summed E-state index contributed by atoms with van der Waals surface area (Å²) in [5.41, 5.74) is 0. The van der Waals surface area contributed by atoms with Crippen molar-refractivity contribution in [3.8, 4) is 0 Å². The molecule has 0 saturated carbocycles. The summed E-state index contributed by atoms with van der Waals surface area (Å²) < 4.78 is 9.40. The first kappa shape index (κ1) is 31.5. The molecule has 0 aromatic rings. The Morgan fingerprint density at radius 1 is 0.679 bits per heavy atom. The number of thiol groups is 1. The highest BCUT2D eigenvalue weighted by Crippen LogP contribution is 2.33. The van der Waals surface area contributed by atoms with Crippen LogP contribution in [-0.2, 0) is 19.1 Å². The number of hydrogen-bond donors (Lipinski definition) is 2. The fourth-order valence-corrected chi connectivity index (χ4v) is 4.17. The van der Waals surface area contributed by atoms with Gasteiger partial charge in [0.2, 0.25) is 0 Å². The van der Waals surface area contributed by atoms with Crippen LogP contribution in [0.15, 0.2) is 0 Å². The minimum absolute atomic E-state index is 0.478. The first-order valence-corrected chi connectivity index (χ1v) is 15.2. The van der Waals surface area contributed by atoms with E-state index in [1.54, 1.807) is 10.8 Å². The predicted octanol–water partition coefficient (Wildman–Crippen LogP) is 8.45. The fraction of sp³-hybridized carbons (Fsp3) is 1.00. The van der Waals surface area contributed by atoms with Gasteiger partial charge in [-0.3, -0.25) is 0 Å². The van der Waals surface area contributed by atoms with Crippen molar-refractivity contribution in [1.29, 1.82) is 0 Å². The quantitative estimate of drug-likeness (QED) is 0.0428. The van der Waals surface area contributed by atoms with Crippen LogP contribution in [-0.4, -0.2) is 23.9 Å². The third kappa shape index (κ3) is 32.0. The lowest BCUT2D eigenvalue weighted by atomic mass is 10.1. The zero-order chi connectivity index (χ0) is 21.1. The summed E-state index contributed by atoms with van der Waals surface area (Å²) >= 11 is 3.93. The molecule has 0 radical (unpaired) electrons. The first-order chi connectivity index (χ1) is 13.7. The lowest BCUT2D eigenvalue weighted by Gasteiger charge is -2.08. The van der Waals surface area contributed by atoms with Crippen LogP contribution in [0.4, 0.5) is 0 Å². The second kappa shape index (κ2) is 30.5. The average Bonchev–Trinajstić information content (AvgIpc) is 2.71. The molecule has 0 aromatic heterocycles. The Labute approximate surface area is 187 Å². The van der Waals surface area contributed by atoms with Crippen LogP contribution in [0.25, 0.3) is 0 Å². The molecule has 0 aromatic carbocycles. The molecule has 0 heterocycles. The monoisotopic (exact) mass is 478 g/mol. The molecule has 0 spiro atoms. The molecule has 28 heavy (non-hydrogen) atoms. The molecule has 0 rings (SSSR count). The van der Waals surface area contributed by atoms with Gasteiger partial charge in [0, 0.05) is 5.75 Å². The Balaban J connectivity index is 0. The van der Waals surface area contributed by atoms with Gasteiger partial charge in [0.05, 0.1) is 13.2 Å². The van der Waals surface area contributed by atoms with Gasteiger partial charge in [-0.05, 0) is 29.1 Å². The summed E-state index contributed by atoms with van der Waals surface area (Å²) in [6, 6.07) is 0. The van der Waals surface area contributed by atoms with E-state index in [0.29, 0.717) is 13.2 Å². The highest BCUT2D eigenvalue weighted by atomic mass is 33.5. The Morgan fingerprint density at radius 2 is 1.11 bits per heavy atom. The SMILES string of the molecule is CCCCCCCCOOP(O)OOCCCCCCCC.CCCSSS. The second-order valence-electron chi connectivity index (χ2n) is 6.46. The van der Waals surface area contributed by atoms with Gasteiger partial charge in [0.1, 0.15) is 0 Å². The maximum Gasteiger partial charge on any atom is 0.389 e. The molecule has 0 aliphatic heterocycles. The number of hydrogen-bond acceptors (Lipinski definition) is 8. The summed E-state index contributed by atoms with van der Waals surface area (Å²) in [7, 11) is 1.24. The van der Waals surface area contributed by atoms with E-state index in [-0.39, 0.29) is 0 Å². The second-order valence-corrected chi connectivity index (χ2v) is 10.5. The van der Waals surface area contributed by atoms with Crippen LogP contribution in [0.1, 0.15) is 104 Å². The largest absolute Gasteiger partial charge is 0.389 e. The molecule has 0 aliphatic rings. The van der Waals surface area contributed by atoms with Crippen molar-refractivity contribution >= 4 is 40.9 Å². The molecule has 9 heteroatoms. The van der Waals surface area contributed by atoms with Crippen molar-refractivity contribution < 1.29 is 24.0 Å². The molecule has 1 N–H and O–H groups in total. The molecule has 0 bridgehead atoms. The van der Waals surface area contributed by atoms with E-state index in [1.165, 1.54) is 73.4 Å². The van der Waals surface area contributed by atoms with Gasteiger partial charge in [-0.1, -0.05) is 107 Å². The summed E-state index contributed by atoms with van der Waals surface area (Å²) in [6.07, 6.45) is 15.5. The smallest absolute Gasteiger partial charge is 0.325 e. The van der Waals surface area contributed by atoms with E-state index in [1.807, 2.05) is 0 Å². The molecule has 5 nitrogen and oxygen atoms in total. The number of rotatable bonds is 21. The minimum Gasteiger partial charge on any atom is -0.325 e. The lowest BCUT2D eigenvalue weighted by molar-refractivity contribution is -0.267. The third-order valence-corrected chi connectivity index (χ3v) is 6.65. The van der Waals surface area contributed by atoms with Crippen molar-refractivity contribution in [2.24, 2.45) is 0 Å². The molecule has 0 atom stereocenters. The maximum absolute atomic E-state index is 9.36. The predicted molar refractivity (Wildman–Crippen MR) is 129 cm³/mol. The third-order valence-electron chi connectivity index (χ3n) is 3.74. The molecule has 0 saturated heterocycles. The van der Waals surface area contributed by atoms with Crippen molar-refractivity contribution in [3.05, 3.63) is 0 Å². The number of unbranched alkanes of at least 4 members (excludes halogenated alkanes) is 10. The Hall–Kier alpha value is 1.28. The van der Waals surface area contributed by atoms with Crippen LogP contribution in [0, 0.1) is 0 Å². The average molecular weight is 479 g/mol. The van der Waals surface area contributed by atoms with Crippen molar-refractivity contribution in [2.45, 2.75) is 104 Å². The van der Waals surface area contributed by atoms with E-state index >= 15 is 0 Å². The summed E-state index contributed by atoms with van der Waals surface area (Å²) in [5.74, 6) is 1.22. The maximum atomic E-state index is 9.36. The molecular weight excluding hydrogens is 435 g/mol. The zero-order valence-corrected chi connectivity index (χ0v) is 21.5. The van der Waals surface area contributed by atoms with E-state index in [9.17, 15) is 4.89 Å². The fourth-order valence-electron chi connectivity index (χ4n) is 2.18. The summed E-state index contributed by atoms with van der Waals surface area (Å²) in [5, 5.41) is 0. The molecule has 0 amide bonds. The highest BCUT2D eigenvalue weighted by molar-refractivity contribution is 9.05. The van der Waals surface area contributed by atoms with E-state index in [2.05, 4.69) is 32.4 Å². The van der Waals surface area contributed by atoms with Gasteiger partial charge in [0.25, 0.3) is 0 Å². The van der Waals surface area contributed by atoms with Gasteiger partial charge in [-0.2, -0.15) is 9.35 Å². The standard InChI is InChI=1S/C16H35O5P.C3H8S3/c1-3-5-7-9-11-13-15-18-20-22(17)21-19-16-14-12-10-8-6-4-2;1-2-3-5-6-4/h17H,3-16H2,1-2H3;4H,2-3H2,1H3. The van der Waals surface area contributed by atoms with Gasteiger partial charge in [-0.15, -0.1) is 0 Å². The van der Waals surface area contributed by atoms with Crippen molar-refractivity contribution in [3.63, 3.8) is 0 Å². The van der Waals surface area contributed by atoms with Crippen LogP contribution < -0.4 is 0 Å². The van der Waals surface area contributed by atoms with Gasteiger partial charge in [-0.25, -0.2) is 9.78 Å². The first-order valence-electron chi connectivity index (χ1n) is 10.7. The lowest BCUT2D eigenvalue weighted by Crippen LogP contribution is -1.98. The van der Waals surface area contributed by atoms with Crippen LogP contribution in [0.2, 0.25) is 0 Å². The molecule has 172 valence electrons. The summed E-state index contributed by atoms with van der Waals surface area (Å²) in [6.45, 7) is 7.53. The van der Waals surface area contributed by atoms with Crippen LogP contribution >= 0.6 is 40.9 Å². The topological polar surface area (TPSA) is 57.2 Å². The summed E-state index contributed by atoms with van der Waals surface area (Å²) in [4.78, 5) is 19.2. The van der Waals surface area contributed by atoms with E-state index in [0.717, 1.165) is 25.7 Å². The van der Waals surface area contributed by atoms with Crippen molar-refractivity contribution in [2.75, 3.05) is 19.0 Å². The molecular formula is C19H43O5PS3. The normalized spacial score (nSPS) is 10.9. The minimum atomic E-state index is -2.09. The van der Waals surface area contributed by atoms with Crippen LogP contribution in [0.5, 0.6) is 0 Å². The molecule has 0 fully saturated rings. The van der Waals surface area contributed by atoms with Gasteiger partial charge >= 0.3 is 8.60 Å². The van der Waals surface area contributed by atoms with Crippen LogP contribution in [0.3, 0.4) is 0 Å². The Morgan fingerprint density at radius 3 is 1.46 bits per heavy atom. The molecule has 0 aliphatic carbocycles. The zero-order valence-electron chi connectivity index (χ0n) is 18.1. The molecule has 0 unspecified atom stereocenters. The Bertz CT molecular complexity index is 246. The van der Waals surface area contributed by atoms with Gasteiger partial charge < -0.3 is 4.89 Å². The highest BCUT2D eigenvalue weighted by Gasteiger charge is 2.09.